The van der Waals surface area contributed by atoms with Crippen LogP contribution in [0.15, 0.2) is 36.5 Å². The van der Waals surface area contributed by atoms with Crippen molar-refractivity contribution in [3.05, 3.63) is 47.9 Å². The number of pyridine rings is 1. The van der Waals surface area contributed by atoms with Crippen LogP contribution in [0, 0.1) is 12.7 Å². The molecule has 0 spiro atoms. The fourth-order valence-corrected chi connectivity index (χ4v) is 1.51. The largest absolute Gasteiger partial charge is 0.397 e. The van der Waals surface area contributed by atoms with Gasteiger partial charge >= 0.3 is 0 Å². The van der Waals surface area contributed by atoms with Crippen LogP contribution in [0.4, 0.5) is 10.1 Å². The molecule has 2 rings (SSSR count). The first-order valence-corrected chi connectivity index (χ1v) is 4.65. The van der Waals surface area contributed by atoms with Gasteiger partial charge in [-0.25, -0.2) is 4.39 Å². The first kappa shape index (κ1) is 9.65. The Bertz CT molecular complexity index is 477. The van der Waals surface area contributed by atoms with Crippen molar-refractivity contribution in [2.24, 2.45) is 0 Å². The summed E-state index contributed by atoms with van der Waals surface area (Å²) < 4.78 is 12.7. The molecule has 0 aliphatic heterocycles. The SMILES string of the molecule is Cc1cc(N)cnc1-c1ccc(F)cc1. The summed E-state index contributed by atoms with van der Waals surface area (Å²) in [7, 11) is 0. The van der Waals surface area contributed by atoms with Crippen molar-refractivity contribution in [3.63, 3.8) is 0 Å². The van der Waals surface area contributed by atoms with Crippen LogP contribution in [0.2, 0.25) is 0 Å². The number of nitrogens with zero attached hydrogens (tertiary/aromatic N) is 1. The molecule has 1 aromatic carbocycles. The van der Waals surface area contributed by atoms with E-state index in [-0.39, 0.29) is 5.82 Å². The van der Waals surface area contributed by atoms with Gasteiger partial charge in [0.25, 0.3) is 0 Å². The predicted octanol–water partition coefficient (Wildman–Crippen LogP) is 2.78. The lowest BCUT2D eigenvalue weighted by molar-refractivity contribution is 0.628. The van der Waals surface area contributed by atoms with E-state index in [9.17, 15) is 4.39 Å². The summed E-state index contributed by atoms with van der Waals surface area (Å²) in [6.07, 6.45) is 1.60. The number of benzene rings is 1. The van der Waals surface area contributed by atoms with Gasteiger partial charge in [-0.1, -0.05) is 0 Å². The smallest absolute Gasteiger partial charge is 0.123 e. The maximum Gasteiger partial charge on any atom is 0.123 e. The number of aromatic nitrogens is 1. The lowest BCUT2D eigenvalue weighted by Crippen LogP contribution is -1.92. The summed E-state index contributed by atoms with van der Waals surface area (Å²) in [6.45, 7) is 1.93. The zero-order valence-electron chi connectivity index (χ0n) is 8.37. The molecule has 0 unspecified atom stereocenters. The minimum absolute atomic E-state index is 0.244. The Kier molecular flexibility index (Phi) is 2.37. The molecule has 0 saturated carbocycles. The molecule has 1 aromatic heterocycles. The lowest BCUT2D eigenvalue weighted by Gasteiger charge is -2.05. The van der Waals surface area contributed by atoms with E-state index in [2.05, 4.69) is 4.98 Å². The highest BCUT2D eigenvalue weighted by Gasteiger charge is 2.03. The number of rotatable bonds is 1. The summed E-state index contributed by atoms with van der Waals surface area (Å²) in [4.78, 5) is 4.23. The van der Waals surface area contributed by atoms with Gasteiger partial charge in [0.1, 0.15) is 5.82 Å². The third-order valence-electron chi connectivity index (χ3n) is 2.22. The van der Waals surface area contributed by atoms with Crippen LogP contribution in [-0.4, -0.2) is 4.98 Å². The van der Waals surface area contributed by atoms with Gasteiger partial charge in [-0.2, -0.15) is 0 Å². The van der Waals surface area contributed by atoms with Gasteiger partial charge in [-0.3, -0.25) is 4.98 Å². The molecule has 0 radical (unpaired) electrons. The Balaban J connectivity index is 2.49. The lowest BCUT2D eigenvalue weighted by atomic mass is 10.1. The fraction of sp³-hybridized carbons (Fsp3) is 0.0833. The molecule has 2 N–H and O–H groups in total. The summed E-state index contributed by atoms with van der Waals surface area (Å²) in [5.41, 5.74) is 8.97. The number of hydrogen-bond donors (Lipinski definition) is 1. The van der Waals surface area contributed by atoms with E-state index in [1.54, 1.807) is 18.3 Å². The van der Waals surface area contributed by atoms with E-state index < -0.39 is 0 Å². The predicted molar refractivity (Wildman–Crippen MR) is 58.8 cm³/mol. The molecule has 0 amide bonds. The molecule has 0 bridgehead atoms. The van der Waals surface area contributed by atoms with Gasteiger partial charge in [-0.05, 0) is 42.8 Å². The molecule has 2 aromatic rings. The van der Waals surface area contributed by atoms with Crippen LogP contribution in [0.25, 0.3) is 11.3 Å². The molecule has 0 aliphatic rings. The maximum absolute atomic E-state index is 12.7. The van der Waals surface area contributed by atoms with Crippen LogP contribution in [0.5, 0.6) is 0 Å². The first-order chi connectivity index (χ1) is 7.16. The minimum atomic E-state index is -0.244. The molecule has 76 valence electrons. The molecule has 2 nitrogen and oxygen atoms in total. The first-order valence-electron chi connectivity index (χ1n) is 4.65. The molecule has 1 heterocycles. The molecule has 3 heteroatoms. The van der Waals surface area contributed by atoms with E-state index in [0.29, 0.717) is 5.69 Å². The fourth-order valence-electron chi connectivity index (χ4n) is 1.51. The summed E-state index contributed by atoms with van der Waals surface area (Å²) in [6, 6.07) is 8.12. The van der Waals surface area contributed by atoms with Crippen LogP contribution < -0.4 is 5.73 Å². The Labute approximate surface area is 87.6 Å². The zero-order chi connectivity index (χ0) is 10.8. The zero-order valence-corrected chi connectivity index (χ0v) is 8.37. The number of hydrogen-bond acceptors (Lipinski definition) is 2. The Hall–Kier alpha value is -1.90. The topological polar surface area (TPSA) is 38.9 Å². The van der Waals surface area contributed by atoms with Crippen LogP contribution >= 0.6 is 0 Å². The van der Waals surface area contributed by atoms with E-state index in [4.69, 9.17) is 5.73 Å². The number of nitrogen functional groups attached to an aromatic ring is 1. The maximum atomic E-state index is 12.7. The van der Waals surface area contributed by atoms with Gasteiger partial charge in [0.15, 0.2) is 0 Å². The van der Waals surface area contributed by atoms with Crippen molar-refractivity contribution in [2.75, 3.05) is 5.73 Å². The number of anilines is 1. The number of nitrogens with two attached hydrogens (primary N) is 1. The standard InChI is InChI=1S/C12H11FN2/c1-8-6-11(14)7-15-12(8)9-2-4-10(13)5-3-9/h2-7H,14H2,1H3. The van der Waals surface area contributed by atoms with Gasteiger partial charge in [0.2, 0.25) is 0 Å². The molecular formula is C12H11FN2. The third-order valence-corrected chi connectivity index (χ3v) is 2.22. The molecule has 15 heavy (non-hydrogen) atoms. The van der Waals surface area contributed by atoms with Gasteiger partial charge in [0.05, 0.1) is 17.6 Å². The Morgan fingerprint density at radius 2 is 1.87 bits per heavy atom. The van der Waals surface area contributed by atoms with E-state index in [1.165, 1.54) is 12.1 Å². The molecule has 0 atom stereocenters. The average Bonchev–Trinajstić information content (AvgIpc) is 2.20. The van der Waals surface area contributed by atoms with Gasteiger partial charge < -0.3 is 5.73 Å². The van der Waals surface area contributed by atoms with Crippen LogP contribution in [0.3, 0.4) is 0 Å². The number of halogens is 1. The Morgan fingerprint density at radius 3 is 2.47 bits per heavy atom. The normalized spacial score (nSPS) is 10.3. The summed E-state index contributed by atoms with van der Waals surface area (Å²) in [5, 5.41) is 0. The summed E-state index contributed by atoms with van der Waals surface area (Å²) in [5.74, 6) is -0.244. The van der Waals surface area contributed by atoms with Crippen molar-refractivity contribution in [3.8, 4) is 11.3 Å². The second-order valence-corrected chi connectivity index (χ2v) is 3.44. The van der Waals surface area contributed by atoms with Gasteiger partial charge in [0, 0.05) is 5.56 Å². The van der Waals surface area contributed by atoms with E-state index in [0.717, 1.165) is 16.8 Å². The van der Waals surface area contributed by atoms with Crippen molar-refractivity contribution in [1.82, 2.24) is 4.98 Å². The average molecular weight is 202 g/mol. The van der Waals surface area contributed by atoms with Gasteiger partial charge in [-0.15, -0.1) is 0 Å². The quantitative estimate of drug-likeness (QED) is 0.772. The Morgan fingerprint density at radius 1 is 1.20 bits per heavy atom. The van der Waals surface area contributed by atoms with Crippen molar-refractivity contribution in [1.29, 1.82) is 0 Å². The highest BCUT2D eigenvalue weighted by atomic mass is 19.1. The molecular weight excluding hydrogens is 191 g/mol. The third kappa shape index (κ3) is 1.96. The highest BCUT2D eigenvalue weighted by molar-refractivity contribution is 5.64. The minimum Gasteiger partial charge on any atom is -0.397 e. The van der Waals surface area contributed by atoms with Crippen molar-refractivity contribution >= 4 is 5.69 Å². The van der Waals surface area contributed by atoms with Crippen molar-refractivity contribution < 1.29 is 4.39 Å². The molecule has 0 saturated heterocycles. The molecule has 0 aliphatic carbocycles. The monoisotopic (exact) mass is 202 g/mol. The number of aryl methyl sites for hydroxylation is 1. The second-order valence-electron chi connectivity index (χ2n) is 3.44. The molecule has 0 fully saturated rings. The van der Waals surface area contributed by atoms with Crippen LogP contribution in [-0.2, 0) is 0 Å². The van der Waals surface area contributed by atoms with Crippen LogP contribution in [0.1, 0.15) is 5.56 Å². The second kappa shape index (κ2) is 3.69. The summed E-state index contributed by atoms with van der Waals surface area (Å²) >= 11 is 0. The van der Waals surface area contributed by atoms with E-state index >= 15 is 0 Å². The highest BCUT2D eigenvalue weighted by Crippen LogP contribution is 2.22. The van der Waals surface area contributed by atoms with E-state index in [1.807, 2.05) is 13.0 Å². The van der Waals surface area contributed by atoms with Crippen molar-refractivity contribution in [2.45, 2.75) is 6.92 Å².